The maximum Gasteiger partial charge on any atom is 0.239 e. The van der Waals surface area contributed by atoms with E-state index in [9.17, 15) is 13.2 Å². The third kappa shape index (κ3) is 4.71. The van der Waals surface area contributed by atoms with Crippen molar-refractivity contribution in [3.8, 4) is 0 Å². The highest BCUT2D eigenvalue weighted by molar-refractivity contribution is 7.91. The molecule has 1 fully saturated rings. The van der Waals surface area contributed by atoms with E-state index in [-0.39, 0.29) is 29.5 Å². The van der Waals surface area contributed by atoms with Gasteiger partial charge in [-0.15, -0.1) is 0 Å². The van der Waals surface area contributed by atoms with Gasteiger partial charge >= 0.3 is 0 Å². The molecule has 0 aromatic heterocycles. The molecular formula is C17H25ClN2O3S. The molecule has 1 aliphatic rings. The number of carbonyl (C=O) groups is 1. The van der Waals surface area contributed by atoms with Crippen LogP contribution in [0.5, 0.6) is 0 Å². The minimum absolute atomic E-state index is 0.0336. The van der Waals surface area contributed by atoms with E-state index in [0.29, 0.717) is 18.0 Å². The third-order valence-corrected chi connectivity index (χ3v) is 6.48. The number of hydrogen-bond acceptors (Lipinski definition) is 4. The SMILES string of the molecule is CCN(C(=O)C(C)NC(C)c1cccc(Cl)c1)C1CCS(=O)(=O)C1. The van der Waals surface area contributed by atoms with E-state index in [1.165, 1.54) is 0 Å². The molecule has 1 saturated heterocycles. The Bertz CT molecular complexity index is 693. The third-order valence-electron chi connectivity index (χ3n) is 4.49. The van der Waals surface area contributed by atoms with E-state index >= 15 is 0 Å². The molecule has 134 valence electrons. The van der Waals surface area contributed by atoms with Crippen LogP contribution in [0.4, 0.5) is 0 Å². The number of nitrogens with one attached hydrogen (secondary N) is 1. The van der Waals surface area contributed by atoms with Crippen LogP contribution < -0.4 is 5.32 Å². The Hall–Kier alpha value is -1.11. The second-order valence-corrected chi connectivity index (χ2v) is 9.01. The second kappa shape index (κ2) is 7.85. The quantitative estimate of drug-likeness (QED) is 0.832. The van der Waals surface area contributed by atoms with E-state index in [0.717, 1.165) is 5.56 Å². The summed E-state index contributed by atoms with van der Waals surface area (Å²) in [5, 5.41) is 3.94. The first-order valence-electron chi connectivity index (χ1n) is 8.26. The fraction of sp³-hybridized carbons (Fsp3) is 0.588. The Morgan fingerprint density at radius 1 is 1.42 bits per heavy atom. The predicted molar refractivity (Wildman–Crippen MR) is 96.9 cm³/mol. The van der Waals surface area contributed by atoms with Gasteiger partial charge in [0.2, 0.25) is 5.91 Å². The van der Waals surface area contributed by atoms with Crippen LogP contribution in [0.3, 0.4) is 0 Å². The minimum atomic E-state index is -3.01. The molecule has 0 bridgehead atoms. The van der Waals surface area contributed by atoms with Crippen molar-refractivity contribution in [2.75, 3.05) is 18.1 Å². The fourth-order valence-corrected chi connectivity index (χ4v) is 5.11. The summed E-state index contributed by atoms with van der Waals surface area (Å²) in [5.41, 5.74) is 1.01. The Balaban J connectivity index is 2.02. The van der Waals surface area contributed by atoms with Gasteiger partial charge in [0.1, 0.15) is 0 Å². The Morgan fingerprint density at radius 3 is 2.67 bits per heavy atom. The van der Waals surface area contributed by atoms with Crippen LogP contribution in [0.1, 0.15) is 38.8 Å². The highest BCUT2D eigenvalue weighted by atomic mass is 35.5. The van der Waals surface area contributed by atoms with Crippen molar-refractivity contribution in [2.24, 2.45) is 0 Å². The smallest absolute Gasteiger partial charge is 0.239 e. The summed E-state index contributed by atoms with van der Waals surface area (Å²) < 4.78 is 23.4. The maximum atomic E-state index is 12.7. The number of likely N-dealkylation sites (N-methyl/N-ethyl adjacent to an activating group) is 1. The number of sulfone groups is 1. The Kier molecular flexibility index (Phi) is 6.28. The lowest BCUT2D eigenvalue weighted by Gasteiger charge is -2.31. The molecule has 1 heterocycles. The molecule has 0 spiro atoms. The lowest BCUT2D eigenvalue weighted by Crippen LogP contribution is -2.50. The van der Waals surface area contributed by atoms with E-state index in [1.807, 2.05) is 45.0 Å². The van der Waals surface area contributed by atoms with Gasteiger partial charge in [0.15, 0.2) is 9.84 Å². The molecule has 7 heteroatoms. The molecular weight excluding hydrogens is 348 g/mol. The van der Waals surface area contributed by atoms with Gasteiger partial charge in [0.25, 0.3) is 0 Å². The van der Waals surface area contributed by atoms with Crippen LogP contribution >= 0.6 is 11.6 Å². The van der Waals surface area contributed by atoms with Crippen LogP contribution in [0.15, 0.2) is 24.3 Å². The first kappa shape index (κ1) is 19.2. The number of nitrogens with zero attached hydrogens (tertiary/aromatic N) is 1. The van der Waals surface area contributed by atoms with Crippen LogP contribution in [0.2, 0.25) is 5.02 Å². The second-order valence-electron chi connectivity index (χ2n) is 6.35. The zero-order valence-corrected chi connectivity index (χ0v) is 15.9. The van der Waals surface area contributed by atoms with Crippen LogP contribution in [0, 0.1) is 0 Å². The molecule has 3 atom stereocenters. The van der Waals surface area contributed by atoms with Crippen molar-refractivity contribution in [3.63, 3.8) is 0 Å². The number of carbonyl (C=O) groups excluding carboxylic acids is 1. The molecule has 1 aromatic rings. The molecule has 1 amide bonds. The Labute approximate surface area is 149 Å². The van der Waals surface area contributed by atoms with Gasteiger partial charge in [-0.05, 0) is 44.9 Å². The molecule has 1 aliphatic heterocycles. The summed E-state index contributed by atoms with van der Waals surface area (Å²) in [4.78, 5) is 14.4. The predicted octanol–water partition coefficient (Wildman–Crippen LogP) is 2.41. The average Bonchev–Trinajstić information content (AvgIpc) is 2.87. The lowest BCUT2D eigenvalue weighted by atomic mass is 10.1. The van der Waals surface area contributed by atoms with Crippen molar-refractivity contribution >= 4 is 27.3 Å². The summed E-state index contributed by atoms with van der Waals surface area (Å²) in [7, 11) is -3.01. The standard InChI is InChI=1S/C17H25ClN2O3S/c1-4-20(16-8-9-24(22,23)11-16)17(21)13(3)19-12(2)14-6-5-7-15(18)10-14/h5-7,10,12-13,16,19H,4,8-9,11H2,1-3H3. The molecule has 1 N–H and O–H groups in total. The molecule has 2 rings (SSSR count). The first-order chi connectivity index (χ1) is 11.2. The number of benzene rings is 1. The van der Waals surface area contributed by atoms with Crippen LogP contribution in [-0.4, -0.2) is 49.4 Å². The van der Waals surface area contributed by atoms with Gasteiger partial charge in [-0.3, -0.25) is 10.1 Å². The summed E-state index contributed by atoms with van der Waals surface area (Å²) >= 11 is 6.01. The normalized spacial score (nSPS) is 22.1. The van der Waals surface area contributed by atoms with E-state index in [2.05, 4.69) is 5.32 Å². The summed E-state index contributed by atoms with van der Waals surface area (Å²) in [6.07, 6.45) is 0.526. The molecule has 5 nitrogen and oxygen atoms in total. The van der Waals surface area contributed by atoms with E-state index in [1.54, 1.807) is 4.90 Å². The molecule has 1 aromatic carbocycles. The van der Waals surface area contributed by atoms with Gasteiger partial charge in [0, 0.05) is 23.7 Å². The fourth-order valence-electron chi connectivity index (χ4n) is 3.18. The van der Waals surface area contributed by atoms with Crippen molar-refractivity contribution in [1.82, 2.24) is 10.2 Å². The van der Waals surface area contributed by atoms with Gasteiger partial charge in [-0.1, -0.05) is 23.7 Å². The van der Waals surface area contributed by atoms with Crippen molar-refractivity contribution in [1.29, 1.82) is 0 Å². The van der Waals surface area contributed by atoms with Crippen molar-refractivity contribution in [3.05, 3.63) is 34.9 Å². The van der Waals surface area contributed by atoms with Crippen LogP contribution in [-0.2, 0) is 14.6 Å². The first-order valence-corrected chi connectivity index (χ1v) is 10.5. The number of hydrogen-bond donors (Lipinski definition) is 1. The average molecular weight is 373 g/mol. The van der Waals surface area contributed by atoms with Gasteiger partial charge in [-0.25, -0.2) is 8.42 Å². The van der Waals surface area contributed by atoms with Crippen LogP contribution in [0.25, 0.3) is 0 Å². The number of halogens is 1. The zero-order valence-electron chi connectivity index (χ0n) is 14.3. The monoisotopic (exact) mass is 372 g/mol. The highest BCUT2D eigenvalue weighted by Gasteiger charge is 2.35. The summed E-state index contributed by atoms with van der Waals surface area (Å²) in [6, 6.07) is 6.88. The number of rotatable bonds is 6. The molecule has 0 radical (unpaired) electrons. The van der Waals surface area contributed by atoms with Crippen molar-refractivity contribution in [2.45, 2.75) is 45.3 Å². The van der Waals surface area contributed by atoms with E-state index < -0.39 is 15.9 Å². The van der Waals surface area contributed by atoms with Gasteiger partial charge in [0.05, 0.1) is 17.5 Å². The minimum Gasteiger partial charge on any atom is -0.338 e. The summed E-state index contributed by atoms with van der Waals surface area (Å²) in [6.45, 7) is 6.19. The largest absolute Gasteiger partial charge is 0.338 e. The van der Waals surface area contributed by atoms with Gasteiger partial charge < -0.3 is 4.90 Å². The zero-order chi connectivity index (χ0) is 17.9. The maximum absolute atomic E-state index is 12.7. The van der Waals surface area contributed by atoms with Gasteiger partial charge in [-0.2, -0.15) is 0 Å². The molecule has 0 aliphatic carbocycles. The highest BCUT2D eigenvalue weighted by Crippen LogP contribution is 2.20. The van der Waals surface area contributed by atoms with E-state index in [4.69, 9.17) is 11.6 Å². The molecule has 24 heavy (non-hydrogen) atoms. The van der Waals surface area contributed by atoms with Crippen molar-refractivity contribution < 1.29 is 13.2 Å². The topological polar surface area (TPSA) is 66.5 Å². The molecule has 0 saturated carbocycles. The number of amides is 1. The Morgan fingerprint density at radius 2 is 2.12 bits per heavy atom. The lowest BCUT2D eigenvalue weighted by molar-refractivity contribution is -0.134. The summed E-state index contributed by atoms with van der Waals surface area (Å²) in [5.74, 6) is 0.180. The molecule has 3 unspecified atom stereocenters.